The molecule has 2 heterocycles. The summed E-state index contributed by atoms with van der Waals surface area (Å²) in [6.07, 6.45) is 3.70. The molecule has 30 heavy (non-hydrogen) atoms. The monoisotopic (exact) mass is 402 g/mol. The van der Waals surface area contributed by atoms with Crippen LogP contribution in [0.3, 0.4) is 0 Å². The molecule has 0 spiro atoms. The first-order valence-electron chi connectivity index (χ1n) is 10.3. The van der Waals surface area contributed by atoms with Crippen LogP contribution in [0.1, 0.15) is 35.2 Å². The van der Waals surface area contributed by atoms with E-state index in [9.17, 15) is 4.79 Å². The Kier molecular flexibility index (Phi) is 6.23. The summed E-state index contributed by atoms with van der Waals surface area (Å²) in [6.45, 7) is 2.53. The van der Waals surface area contributed by atoms with Gasteiger partial charge in [-0.05, 0) is 61.2 Å². The van der Waals surface area contributed by atoms with E-state index in [1.165, 1.54) is 19.3 Å². The summed E-state index contributed by atoms with van der Waals surface area (Å²) < 4.78 is 5.16. The molecule has 0 bridgehead atoms. The van der Waals surface area contributed by atoms with Crippen molar-refractivity contribution in [1.29, 1.82) is 0 Å². The lowest BCUT2D eigenvalue weighted by Gasteiger charge is -2.27. The second kappa shape index (κ2) is 9.39. The number of carbonyl (C=O) groups is 1. The fraction of sp³-hybridized carbons (Fsp3) is 0.292. The zero-order chi connectivity index (χ0) is 20.8. The van der Waals surface area contributed by atoms with Gasteiger partial charge in [0.2, 0.25) is 0 Å². The van der Waals surface area contributed by atoms with Gasteiger partial charge in [-0.2, -0.15) is 0 Å². The molecule has 4 rings (SSSR count). The van der Waals surface area contributed by atoms with Gasteiger partial charge in [-0.15, -0.1) is 10.2 Å². The number of benzene rings is 2. The summed E-state index contributed by atoms with van der Waals surface area (Å²) in [5.41, 5.74) is 3.26. The molecule has 2 aromatic carbocycles. The van der Waals surface area contributed by atoms with Gasteiger partial charge in [-0.3, -0.25) is 4.79 Å². The molecule has 0 unspecified atom stereocenters. The molecule has 1 aliphatic rings. The van der Waals surface area contributed by atoms with E-state index < -0.39 is 0 Å². The first-order valence-corrected chi connectivity index (χ1v) is 10.3. The number of aromatic nitrogens is 2. The molecule has 6 heteroatoms. The lowest BCUT2D eigenvalue weighted by Crippen LogP contribution is -2.30. The van der Waals surface area contributed by atoms with Crippen LogP contribution in [0.4, 0.5) is 5.82 Å². The SMILES string of the molecule is COc1ccc(CNC(=O)c2cccc(-c3ccc(N4CCCCC4)nn3)c2)cc1. The molecule has 0 radical (unpaired) electrons. The minimum atomic E-state index is -0.120. The van der Waals surface area contributed by atoms with Crippen molar-refractivity contribution in [3.8, 4) is 17.0 Å². The average molecular weight is 402 g/mol. The van der Waals surface area contributed by atoms with Crippen LogP contribution in [0.25, 0.3) is 11.3 Å². The molecule has 0 atom stereocenters. The predicted octanol–water partition coefficient (Wildman–Crippen LogP) is 4.07. The highest BCUT2D eigenvalue weighted by Gasteiger charge is 2.13. The van der Waals surface area contributed by atoms with Crippen LogP contribution in [0.2, 0.25) is 0 Å². The van der Waals surface area contributed by atoms with Crippen molar-refractivity contribution in [2.45, 2.75) is 25.8 Å². The van der Waals surface area contributed by atoms with Gasteiger partial charge in [0.1, 0.15) is 5.75 Å². The molecule has 1 fully saturated rings. The van der Waals surface area contributed by atoms with Crippen LogP contribution in [0, 0.1) is 0 Å². The van der Waals surface area contributed by atoms with Crippen LogP contribution in [0.15, 0.2) is 60.7 Å². The molecule has 1 aromatic heterocycles. The summed E-state index contributed by atoms with van der Waals surface area (Å²) >= 11 is 0. The smallest absolute Gasteiger partial charge is 0.251 e. The molecule has 1 saturated heterocycles. The number of ether oxygens (including phenoxy) is 1. The summed E-state index contributed by atoms with van der Waals surface area (Å²) in [6, 6.07) is 19.1. The standard InChI is InChI=1S/C24H26N4O2/c1-30-21-10-8-18(9-11-21)17-25-24(29)20-7-5-6-19(16-20)22-12-13-23(27-26-22)28-14-3-2-4-15-28/h5-13,16H,2-4,14-15,17H2,1H3,(H,25,29). The number of methoxy groups -OCH3 is 1. The van der Waals surface area contributed by atoms with Gasteiger partial charge in [0, 0.05) is 30.8 Å². The number of amides is 1. The number of nitrogens with one attached hydrogen (secondary N) is 1. The van der Waals surface area contributed by atoms with Crippen LogP contribution >= 0.6 is 0 Å². The number of hydrogen-bond donors (Lipinski definition) is 1. The highest BCUT2D eigenvalue weighted by atomic mass is 16.5. The highest BCUT2D eigenvalue weighted by molar-refractivity contribution is 5.95. The molecule has 0 saturated carbocycles. The molecule has 1 amide bonds. The minimum Gasteiger partial charge on any atom is -0.497 e. The lowest BCUT2D eigenvalue weighted by atomic mass is 10.1. The normalized spacial score (nSPS) is 13.7. The first-order chi connectivity index (χ1) is 14.7. The van der Waals surface area contributed by atoms with E-state index in [-0.39, 0.29) is 5.91 Å². The Morgan fingerprint density at radius 3 is 2.50 bits per heavy atom. The van der Waals surface area contributed by atoms with Gasteiger partial charge >= 0.3 is 0 Å². The number of anilines is 1. The Balaban J connectivity index is 1.41. The summed E-state index contributed by atoms with van der Waals surface area (Å²) in [7, 11) is 1.63. The highest BCUT2D eigenvalue weighted by Crippen LogP contribution is 2.22. The maximum absolute atomic E-state index is 12.6. The van der Waals surface area contributed by atoms with Crippen LogP contribution < -0.4 is 15.0 Å². The molecule has 3 aromatic rings. The van der Waals surface area contributed by atoms with Crippen molar-refractivity contribution in [3.63, 3.8) is 0 Å². The van der Waals surface area contributed by atoms with Crippen molar-refractivity contribution in [2.24, 2.45) is 0 Å². The third kappa shape index (κ3) is 4.76. The Bertz CT molecular complexity index is 981. The van der Waals surface area contributed by atoms with Crippen LogP contribution in [-0.4, -0.2) is 36.3 Å². The van der Waals surface area contributed by atoms with Gasteiger partial charge < -0.3 is 15.0 Å². The maximum Gasteiger partial charge on any atom is 0.251 e. The number of hydrogen-bond acceptors (Lipinski definition) is 5. The fourth-order valence-electron chi connectivity index (χ4n) is 3.62. The number of rotatable bonds is 6. The van der Waals surface area contributed by atoms with E-state index in [4.69, 9.17) is 4.74 Å². The average Bonchev–Trinajstić information content (AvgIpc) is 2.83. The Hall–Kier alpha value is -3.41. The van der Waals surface area contributed by atoms with E-state index in [1.54, 1.807) is 7.11 Å². The van der Waals surface area contributed by atoms with Gasteiger partial charge in [0.25, 0.3) is 5.91 Å². The molecule has 0 aliphatic carbocycles. The Morgan fingerprint density at radius 1 is 1.00 bits per heavy atom. The summed E-state index contributed by atoms with van der Waals surface area (Å²) in [5.74, 6) is 1.60. The van der Waals surface area contributed by atoms with Crippen molar-refractivity contribution in [3.05, 3.63) is 71.8 Å². The van der Waals surface area contributed by atoms with E-state index in [1.807, 2.05) is 60.7 Å². The van der Waals surface area contributed by atoms with Crippen molar-refractivity contribution in [1.82, 2.24) is 15.5 Å². The summed E-state index contributed by atoms with van der Waals surface area (Å²) in [5, 5.41) is 11.8. The number of piperidine rings is 1. The lowest BCUT2D eigenvalue weighted by molar-refractivity contribution is 0.0951. The predicted molar refractivity (Wildman–Crippen MR) is 118 cm³/mol. The molecule has 6 nitrogen and oxygen atoms in total. The van der Waals surface area contributed by atoms with Crippen LogP contribution in [0.5, 0.6) is 5.75 Å². The quantitative estimate of drug-likeness (QED) is 0.673. The second-order valence-electron chi connectivity index (χ2n) is 7.44. The molecular formula is C24H26N4O2. The third-order valence-electron chi connectivity index (χ3n) is 5.36. The van der Waals surface area contributed by atoms with Crippen LogP contribution in [-0.2, 0) is 6.54 Å². The minimum absolute atomic E-state index is 0.120. The van der Waals surface area contributed by atoms with E-state index >= 15 is 0 Å². The number of nitrogens with zero attached hydrogens (tertiary/aromatic N) is 3. The Morgan fingerprint density at radius 2 is 1.80 bits per heavy atom. The van der Waals surface area contributed by atoms with Gasteiger partial charge in [0.15, 0.2) is 5.82 Å². The first kappa shape index (κ1) is 19.9. The van der Waals surface area contributed by atoms with Crippen molar-refractivity contribution in [2.75, 3.05) is 25.1 Å². The molecule has 154 valence electrons. The van der Waals surface area contributed by atoms with Gasteiger partial charge in [0.05, 0.1) is 12.8 Å². The maximum atomic E-state index is 12.6. The largest absolute Gasteiger partial charge is 0.497 e. The van der Waals surface area contributed by atoms with Gasteiger partial charge in [-0.1, -0.05) is 24.3 Å². The third-order valence-corrected chi connectivity index (χ3v) is 5.36. The molecule has 1 N–H and O–H groups in total. The van der Waals surface area contributed by atoms with E-state index in [0.717, 1.165) is 41.5 Å². The van der Waals surface area contributed by atoms with Gasteiger partial charge in [-0.25, -0.2) is 0 Å². The molecule has 1 aliphatic heterocycles. The van der Waals surface area contributed by atoms with Crippen molar-refractivity contribution >= 4 is 11.7 Å². The molecular weight excluding hydrogens is 376 g/mol. The summed E-state index contributed by atoms with van der Waals surface area (Å²) in [4.78, 5) is 14.9. The number of carbonyl (C=O) groups excluding carboxylic acids is 1. The van der Waals surface area contributed by atoms with Crippen molar-refractivity contribution < 1.29 is 9.53 Å². The second-order valence-corrected chi connectivity index (χ2v) is 7.44. The Labute approximate surface area is 176 Å². The topological polar surface area (TPSA) is 67.3 Å². The zero-order valence-electron chi connectivity index (χ0n) is 17.2. The van der Waals surface area contributed by atoms with E-state index in [2.05, 4.69) is 20.4 Å². The fourth-order valence-corrected chi connectivity index (χ4v) is 3.62. The van der Waals surface area contributed by atoms with E-state index in [0.29, 0.717) is 12.1 Å². The zero-order valence-corrected chi connectivity index (χ0v) is 17.2.